The van der Waals surface area contributed by atoms with Crippen LogP contribution < -0.4 is 0 Å². The van der Waals surface area contributed by atoms with Gasteiger partial charge in [0.25, 0.3) is 0 Å². The Labute approximate surface area is 92.6 Å². The van der Waals surface area contributed by atoms with E-state index in [0.717, 1.165) is 0 Å². The van der Waals surface area contributed by atoms with E-state index in [-0.39, 0.29) is 11.1 Å². The third kappa shape index (κ3) is 3.06. The summed E-state index contributed by atoms with van der Waals surface area (Å²) >= 11 is 0. The number of carbonyl (C=O) groups excluding carboxylic acids is 1. The molecule has 0 saturated heterocycles. The van der Waals surface area contributed by atoms with E-state index in [9.17, 15) is 9.59 Å². The molecule has 0 bridgehead atoms. The molecular weight excluding hydrogens is 212 g/mol. The van der Waals surface area contributed by atoms with Crippen LogP contribution in [-0.4, -0.2) is 30.4 Å². The Hall–Kier alpha value is -1.88. The van der Waals surface area contributed by atoms with Crippen molar-refractivity contribution >= 4 is 11.9 Å². The zero-order valence-electron chi connectivity index (χ0n) is 8.97. The average molecular weight is 224 g/mol. The lowest BCUT2D eigenvalue weighted by molar-refractivity contribution is -0.0773. The molecule has 1 rings (SSSR count). The molecule has 0 aromatic heterocycles. The van der Waals surface area contributed by atoms with Gasteiger partial charge in [-0.15, -0.1) is 0 Å². The Bertz CT molecular complexity index is 399. The standard InChI is InChI=1S/C11H12O5/c1-7(15-2)16-11(14)9-5-3-4-8(6-9)10(12)13/h3-7H,1-2H3,(H,12,13). The number of methoxy groups -OCH3 is 1. The fourth-order valence-corrected chi connectivity index (χ4v) is 1.05. The van der Waals surface area contributed by atoms with Gasteiger partial charge in [0.2, 0.25) is 0 Å². The van der Waals surface area contributed by atoms with Crippen molar-refractivity contribution < 1.29 is 24.2 Å². The molecule has 0 fully saturated rings. The van der Waals surface area contributed by atoms with Crippen LogP contribution in [0.2, 0.25) is 0 Å². The highest BCUT2D eigenvalue weighted by Gasteiger charge is 2.13. The van der Waals surface area contributed by atoms with Gasteiger partial charge < -0.3 is 14.6 Å². The van der Waals surface area contributed by atoms with Gasteiger partial charge in [-0.2, -0.15) is 0 Å². The van der Waals surface area contributed by atoms with Gasteiger partial charge in [0.05, 0.1) is 11.1 Å². The van der Waals surface area contributed by atoms with Gasteiger partial charge >= 0.3 is 11.9 Å². The van der Waals surface area contributed by atoms with Crippen LogP contribution in [0.1, 0.15) is 27.6 Å². The van der Waals surface area contributed by atoms with Crippen LogP contribution in [0.5, 0.6) is 0 Å². The zero-order valence-corrected chi connectivity index (χ0v) is 8.97. The molecule has 1 aromatic rings. The Balaban J connectivity index is 2.83. The number of hydrogen-bond acceptors (Lipinski definition) is 4. The van der Waals surface area contributed by atoms with E-state index in [1.165, 1.54) is 31.4 Å². The lowest BCUT2D eigenvalue weighted by atomic mass is 10.1. The molecule has 0 spiro atoms. The Kier molecular flexibility index (Phi) is 4.02. The van der Waals surface area contributed by atoms with Crippen molar-refractivity contribution in [2.75, 3.05) is 7.11 Å². The minimum absolute atomic E-state index is 0.0412. The highest BCUT2D eigenvalue weighted by molar-refractivity contribution is 5.94. The number of ether oxygens (including phenoxy) is 2. The Morgan fingerprint density at radius 1 is 1.31 bits per heavy atom. The smallest absolute Gasteiger partial charge is 0.340 e. The minimum Gasteiger partial charge on any atom is -0.478 e. The van der Waals surface area contributed by atoms with Gasteiger partial charge in [-0.3, -0.25) is 0 Å². The van der Waals surface area contributed by atoms with Crippen molar-refractivity contribution in [2.45, 2.75) is 13.2 Å². The molecule has 0 aliphatic rings. The maximum absolute atomic E-state index is 11.5. The lowest BCUT2D eigenvalue weighted by Crippen LogP contribution is -2.16. The van der Waals surface area contributed by atoms with Gasteiger partial charge in [-0.25, -0.2) is 9.59 Å². The topological polar surface area (TPSA) is 72.8 Å². The Morgan fingerprint density at radius 3 is 2.50 bits per heavy atom. The number of carboxylic acids is 1. The molecule has 5 nitrogen and oxygen atoms in total. The lowest BCUT2D eigenvalue weighted by Gasteiger charge is -2.10. The fourth-order valence-electron chi connectivity index (χ4n) is 1.05. The van der Waals surface area contributed by atoms with Gasteiger partial charge in [-0.1, -0.05) is 6.07 Å². The van der Waals surface area contributed by atoms with Crippen LogP contribution in [0.15, 0.2) is 24.3 Å². The fraction of sp³-hybridized carbons (Fsp3) is 0.273. The number of benzene rings is 1. The summed E-state index contributed by atoms with van der Waals surface area (Å²) in [6, 6.07) is 5.63. The van der Waals surface area contributed by atoms with E-state index in [2.05, 4.69) is 0 Å². The first kappa shape index (κ1) is 12.2. The summed E-state index contributed by atoms with van der Waals surface area (Å²) in [6.45, 7) is 1.57. The van der Waals surface area contributed by atoms with Crippen molar-refractivity contribution in [2.24, 2.45) is 0 Å². The van der Waals surface area contributed by atoms with E-state index >= 15 is 0 Å². The Morgan fingerprint density at radius 2 is 1.94 bits per heavy atom. The summed E-state index contributed by atoms with van der Waals surface area (Å²) in [4.78, 5) is 22.2. The van der Waals surface area contributed by atoms with E-state index in [4.69, 9.17) is 14.6 Å². The van der Waals surface area contributed by atoms with Crippen molar-refractivity contribution in [3.05, 3.63) is 35.4 Å². The number of carbonyl (C=O) groups is 2. The average Bonchev–Trinajstić information content (AvgIpc) is 2.28. The first-order chi connectivity index (χ1) is 7.54. The molecule has 1 unspecified atom stereocenters. The molecule has 0 aliphatic heterocycles. The maximum atomic E-state index is 11.5. The molecule has 0 amide bonds. The summed E-state index contributed by atoms with van der Waals surface area (Å²) in [7, 11) is 1.41. The summed E-state index contributed by atoms with van der Waals surface area (Å²) in [5, 5.41) is 8.74. The summed E-state index contributed by atoms with van der Waals surface area (Å²) in [6.07, 6.45) is -0.666. The van der Waals surface area contributed by atoms with Crippen LogP contribution in [0.4, 0.5) is 0 Å². The first-order valence-electron chi connectivity index (χ1n) is 4.61. The predicted octanol–water partition coefficient (Wildman–Crippen LogP) is 1.53. The molecule has 5 heteroatoms. The molecule has 1 atom stereocenters. The van der Waals surface area contributed by atoms with Crippen molar-refractivity contribution in [3.63, 3.8) is 0 Å². The highest BCUT2D eigenvalue weighted by Crippen LogP contribution is 2.08. The van der Waals surface area contributed by atoms with Gasteiger partial charge in [0.1, 0.15) is 0 Å². The van der Waals surface area contributed by atoms with Crippen LogP contribution in [0.3, 0.4) is 0 Å². The second-order valence-electron chi connectivity index (χ2n) is 3.09. The van der Waals surface area contributed by atoms with Crippen LogP contribution in [0, 0.1) is 0 Å². The summed E-state index contributed by atoms with van der Waals surface area (Å²) in [5.41, 5.74) is 0.225. The molecule has 86 valence electrons. The van der Waals surface area contributed by atoms with Crippen molar-refractivity contribution in [3.8, 4) is 0 Å². The molecule has 0 radical (unpaired) electrons. The third-order valence-corrected chi connectivity index (χ3v) is 1.95. The van der Waals surface area contributed by atoms with Gasteiger partial charge in [0, 0.05) is 7.11 Å². The largest absolute Gasteiger partial charge is 0.478 e. The molecule has 0 saturated carbocycles. The minimum atomic E-state index is -1.09. The normalized spacial score (nSPS) is 11.9. The number of hydrogen-bond donors (Lipinski definition) is 1. The number of aromatic carboxylic acids is 1. The van der Waals surface area contributed by atoms with Crippen molar-refractivity contribution in [1.29, 1.82) is 0 Å². The maximum Gasteiger partial charge on any atom is 0.340 e. The molecular formula is C11H12O5. The van der Waals surface area contributed by atoms with Gasteiger partial charge in [0.15, 0.2) is 6.29 Å². The summed E-state index contributed by atoms with van der Waals surface area (Å²) in [5.74, 6) is -1.70. The van der Waals surface area contributed by atoms with Crippen molar-refractivity contribution in [1.82, 2.24) is 0 Å². The molecule has 16 heavy (non-hydrogen) atoms. The van der Waals surface area contributed by atoms with E-state index in [1.54, 1.807) is 6.92 Å². The second kappa shape index (κ2) is 5.27. The molecule has 1 aromatic carbocycles. The second-order valence-corrected chi connectivity index (χ2v) is 3.09. The monoisotopic (exact) mass is 224 g/mol. The molecule has 1 N–H and O–H groups in total. The van der Waals surface area contributed by atoms with Crippen LogP contribution in [-0.2, 0) is 9.47 Å². The number of rotatable bonds is 4. The third-order valence-electron chi connectivity index (χ3n) is 1.95. The van der Waals surface area contributed by atoms with E-state index in [0.29, 0.717) is 0 Å². The van der Waals surface area contributed by atoms with Gasteiger partial charge in [-0.05, 0) is 25.1 Å². The predicted molar refractivity (Wildman–Crippen MR) is 55.3 cm³/mol. The SMILES string of the molecule is COC(C)OC(=O)c1cccc(C(=O)O)c1. The quantitative estimate of drug-likeness (QED) is 0.620. The zero-order chi connectivity index (χ0) is 12.1. The highest BCUT2D eigenvalue weighted by atomic mass is 16.7. The number of esters is 1. The summed E-state index contributed by atoms with van der Waals surface area (Å²) < 4.78 is 9.63. The van der Waals surface area contributed by atoms with E-state index < -0.39 is 18.2 Å². The van der Waals surface area contributed by atoms with Crippen LogP contribution >= 0.6 is 0 Å². The molecule has 0 heterocycles. The number of carboxylic acid groups (broad SMARTS) is 1. The van der Waals surface area contributed by atoms with Crippen LogP contribution in [0.25, 0.3) is 0 Å². The molecule has 0 aliphatic carbocycles. The first-order valence-corrected chi connectivity index (χ1v) is 4.61. The van der Waals surface area contributed by atoms with E-state index in [1.807, 2.05) is 0 Å².